The predicted molar refractivity (Wildman–Crippen MR) is 101 cm³/mol. The molecule has 0 spiro atoms. The van der Waals surface area contributed by atoms with Gasteiger partial charge in [0.25, 0.3) is 0 Å². The molecular weight excluding hydrogens is 393 g/mol. The van der Waals surface area contributed by atoms with E-state index in [1.807, 2.05) is 0 Å². The number of hydrogen-bond acceptors (Lipinski definition) is 1. The van der Waals surface area contributed by atoms with Crippen LogP contribution in [-0.4, -0.2) is 9.78 Å². The first kappa shape index (κ1) is 22.5. The van der Waals surface area contributed by atoms with Crippen LogP contribution < -0.4 is 0 Å². The van der Waals surface area contributed by atoms with E-state index in [4.69, 9.17) is 0 Å². The van der Waals surface area contributed by atoms with Gasteiger partial charge in [-0.05, 0) is 35.7 Å². The second kappa shape index (κ2) is 10.6. The molecule has 0 bridgehead atoms. The predicted octanol–water partition coefficient (Wildman–Crippen LogP) is 7.71. The first-order valence-electron chi connectivity index (χ1n) is 9.57. The van der Waals surface area contributed by atoms with Crippen LogP contribution in [0.5, 0.6) is 0 Å². The maximum absolute atomic E-state index is 13.1. The van der Waals surface area contributed by atoms with Crippen molar-refractivity contribution >= 4 is 15.9 Å². The number of hydrogen-bond donors (Lipinski definition) is 0. The molecule has 0 aromatic carbocycles. The highest BCUT2D eigenvalue weighted by Crippen LogP contribution is 2.37. The molecule has 1 heterocycles. The van der Waals surface area contributed by atoms with E-state index in [2.05, 4.69) is 41.8 Å². The van der Waals surface area contributed by atoms with E-state index in [0.29, 0.717) is 0 Å². The molecule has 25 heavy (non-hydrogen) atoms. The molecule has 0 fully saturated rings. The molecule has 146 valence electrons. The lowest BCUT2D eigenvalue weighted by molar-refractivity contribution is -0.142. The van der Waals surface area contributed by atoms with Crippen LogP contribution in [-0.2, 0) is 11.7 Å². The number of alkyl halides is 3. The van der Waals surface area contributed by atoms with Gasteiger partial charge in [0.2, 0.25) is 0 Å². The molecule has 0 amide bonds. The molecule has 1 aromatic rings. The summed E-state index contributed by atoms with van der Waals surface area (Å²) in [5.41, 5.74) is -1.18. The third-order valence-electron chi connectivity index (χ3n) is 4.88. The fourth-order valence-electron chi connectivity index (χ4n) is 3.22. The van der Waals surface area contributed by atoms with Crippen LogP contribution in [0.15, 0.2) is 10.7 Å². The summed E-state index contributed by atoms with van der Waals surface area (Å²) in [6.07, 6.45) is 9.06. The van der Waals surface area contributed by atoms with Crippen molar-refractivity contribution < 1.29 is 13.2 Å². The monoisotopic (exact) mass is 424 g/mol. The summed E-state index contributed by atoms with van der Waals surface area (Å²) in [7, 11) is 0. The van der Waals surface area contributed by atoms with Crippen LogP contribution in [0.4, 0.5) is 13.2 Å². The Morgan fingerprint density at radius 3 is 1.84 bits per heavy atom. The van der Waals surface area contributed by atoms with Crippen LogP contribution in [0.2, 0.25) is 0 Å². The van der Waals surface area contributed by atoms with Crippen molar-refractivity contribution in [1.29, 1.82) is 0 Å². The zero-order valence-electron chi connectivity index (χ0n) is 15.8. The summed E-state index contributed by atoms with van der Waals surface area (Å²) < 4.78 is 40.9. The highest BCUT2D eigenvalue weighted by molar-refractivity contribution is 9.10. The molecule has 1 rings (SSSR count). The van der Waals surface area contributed by atoms with Gasteiger partial charge in [-0.1, -0.05) is 71.6 Å². The number of rotatable bonds is 12. The number of halogens is 4. The molecule has 0 aliphatic carbocycles. The van der Waals surface area contributed by atoms with Crippen molar-refractivity contribution in [3.05, 3.63) is 16.4 Å². The number of unbranched alkanes of at least 4 members (excludes halogenated alkanes) is 7. The maximum atomic E-state index is 13.1. The van der Waals surface area contributed by atoms with E-state index in [1.165, 1.54) is 31.9 Å². The van der Waals surface area contributed by atoms with Gasteiger partial charge in [0.15, 0.2) is 5.69 Å². The molecule has 0 aliphatic heterocycles. The van der Waals surface area contributed by atoms with Gasteiger partial charge >= 0.3 is 6.18 Å². The first-order valence-corrected chi connectivity index (χ1v) is 10.4. The van der Waals surface area contributed by atoms with Crippen LogP contribution in [0.25, 0.3) is 0 Å². The Labute approximate surface area is 158 Å². The van der Waals surface area contributed by atoms with Gasteiger partial charge in [-0.3, -0.25) is 4.68 Å². The fourth-order valence-corrected chi connectivity index (χ4v) is 3.72. The van der Waals surface area contributed by atoms with Crippen molar-refractivity contribution in [2.24, 2.45) is 0 Å². The van der Waals surface area contributed by atoms with E-state index >= 15 is 0 Å². The highest BCUT2D eigenvalue weighted by atomic mass is 79.9. The third-order valence-corrected chi connectivity index (χ3v) is 5.46. The minimum atomic E-state index is -4.42. The molecule has 0 radical (unpaired) electrons. The Morgan fingerprint density at radius 1 is 0.920 bits per heavy atom. The van der Waals surface area contributed by atoms with Gasteiger partial charge in [-0.2, -0.15) is 18.3 Å². The van der Waals surface area contributed by atoms with E-state index < -0.39 is 11.9 Å². The molecule has 0 saturated heterocycles. The molecule has 6 heteroatoms. The molecule has 1 atom stereocenters. The lowest BCUT2D eigenvalue weighted by atomic mass is 9.88. The Morgan fingerprint density at radius 2 is 1.40 bits per heavy atom. The summed E-state index contributed by atoms with van der Waals surface area (Å²) in [6.45, 7) is 6.39. The zero-order chi connectivity index (χ0) is 18.9. The van der Waals surface area contributed by atoms with Crippen LogP contribution in [0.1, 0.15) is 97.1 Å². The van der Waals surface area contributed by atoms with Crippen molar-refractivity contribution in [3.63, 3.8) is 0 Å². The second-order valence-corrected chi connectivity index (χ2v) is 8.09. The van der Waals surface area contributed by atoms with E-state index in [-0.39, 0.29) is 10.0 Å². The van der Waals surface area contributed by atoms with E-state index in [9.17, 15) is 13.2 Å². The molecule has 0 N–H and O–H groups in total. The van der Waals surface area contributed by atoms with Crippen molar-refractivity contribution in [1.82, 2.24) is 9.78 Å². The largest absolute Gasteiger partial charge is 0.436 e. The van der Waals surface area contributed by atoms with Gasteiger partial charge < -0.3 is 0 Å². The van der Waals surface area contributed by atoms with E-state index in [0.717, 1.165) is 44.9 Å². The number of aromatic nitrogens is 2. The number of nitrogens with zero attached hydrogens (tertiary/aromatic N) is 2. The lowest BCUT2D eigenvalue weighted by Crippen LogP contribution is -2.31. The molecule has 0 aliphatic rings. The minimum Gasteiger partial charge on any atom is -0.265 e. The summed E-state index contributed by atoms with van der Waals surface area (Å²) in [4.78, 5) is 0. The highest BCUT2D eigenvalue weighted by Gasteiger charge is 2.38. The Hall–Kier alpha value is -0.520. The van der Waals surface area contributed by atoms with Gasteiger partial charge in [0.05, 0.1) is 10.0 Å². The summed E-state index contributed by atoms with van der Waals surface area (Å²) in [5, 5.41) is 3.91. The zero-order valence-corrected chi connectivity index (χ0v) is 17.3. The Kier molecular flexibility index (Phi) is 9.54. The Balaban J connectivity index is 2.85. The second-order valence-electron chi connectivity index (χ2n) is 7.24. The van der Waals surface area contributed by atoms with Crippen molar-refractivity contribution in [2.45, 2.75) is 103 Å². The first-order chi connectivity index (χ1) is 11.7. The molecular formula is C19H32BrF3N2. The van der Waals surface area contributed by atoms with Gasteiger partial charge in [-0.15, -0.1) is 0 Å². The average Bonchev–Trinajstić information content (AvgIpc) is 2.94. The molecule has 2 nitrogen and oxygen atoms in total. The minimum absolute atomic E-state index is 0.0331. The van der Waals surface area contributed by atoms with Crippen LogP contribution >= 0.6 is 15.9 Å². The topological polar surface area (TPSA) is 17.8 Å². The summed E-state index contributed by atoms with van der Waals surface area (Å²) in [5.74, 6) is 0. The maximum Gasteiger partial charge on any atom is 0.436 e. The SMILES string of the molecule is CCCCCCCC(C)(CCCCCC)n1cc(Br)c(C(F)(F)F)n1. The van der Waals surface area contributed by atoms with Gasteiger partial charge in [0, 0.05) is 6.20 Å². The molecule has 1 unspecified atom stereocenters. The summed E-state index contributed by atoms with van der Waals surface area (Å²) >= 11 is 3.04. The van der Waals surface area contributed by atoms with Gasteiger partial charge in [-0.25, -0.2) is 0 Å². The van der Waals surface area contributed by atoms with Crippen molar-refractivity contribution in [3.8, 4) is 0 Å². The standard InChI is InChI=1S/C19H32BrF3N2/c1-4-6-8-10-12-14-18(3,13-11-9-7-5-2)25-15-16(20)17(24-25)19(21,22)23/h15H,4-14H2,1-3H3. The lowest BCUT2D eigenvalue weighted by Gasteiger charge is -2.31. The van der Waals surface area contributed by atoms with Gasteiger partial charge in [0.1, 0.15) is 0 Å². The normalized spacial score (nSPS) is 14.7. The van der Waals surface area contributed by atoms with Crippen molar-refractivity contribution in [2.75, 3.05) is 0 Å². The smallest absolute Gasteiger partial charge is 0.265 e. The van der Waals surface area contributed by atoms with Crippen LogP contribution in [0, 0.1) is 0 Å². The quantitative estimate of drug-likeness (QED) is 0.314. The van der Waals surface area contributed by atoms with Crippen LogP contribution in [0.3, 0.4) is 0 Å². The van der Waals surface area contributed by atoms with E-state index in [1.54, 1.807) is 4.68 Å². The fraction of sp³-hybridized carbons (Fsp3) is 0.842. The summed E-state index contributed by atoms with van der Waals surface area (Å²) in [6, 6.07) is 0. The third kappa shape index (κ3) is 7.32. The molecule has 1 aromatic heterocycles. The Bertz CT molecular complexity index is 499. The average molecular weight is 425 g/mol. The molecule has 0 saturated carbocycles.